The van der Waals surface area contributed by atoms with Crippen LogP contribution in [0.1, 0.15) is 30.1 Å². The summed E-state index contributed by atoms with van der Waals surface area (Å²) in [4.78, 5) is 16.2. The number of nitrogens with zero attached hydrogens (tertiary/aromatic N) is 6. The minimum absolute atomic E-state index is 0.816. The maximum absolute atomic E-state index is 4.69. The summed E-state index contributed by atoms with van der Waals surface area (Å²) in [7, 11) is 1.92. The Morgan fingerprint density at radius 1 is 0.958 bits per heavy atom. The van der Waals surface area contributed by atoms with Crippen molar-refractivity contribution in [2.45, 2.75) is 19.8 Å². The molecule has 0 unspecified atom stereocenters. The maximum atomic E-state index is 4.69. The molecule has 6 heteroatoms. The third kappa shape index (κ3) is 2.75. The van der Waals surface area contributed by atoms with Crippen LogP contribution in [0.3, 0.4) is 0 Å². The van der Waals surface area contributed by atoms with Gasteiger partial charge in [-0.1, -0.05) is 12.1 Å². The van der Waals surface area contributed by atoms with E-state index in [1.807, 2.05) is 55.1 Å². The number of rotatable bonds is 3. The number of aryl methyl sites for hydroxylation is 2. The van der Waals surface area contributed by atoms with Gasteiger partial charge in [0.05, 0.1) is 22.4 Å². The van der Waals surface area contributed by atoms with Crippen LogP contribution < -0.4 is 4.90 Å². The Balaban J connectivity index is 1.64. The molecule has 24 heavy (non-hydrogen) atoms. The van der Waals surface area contributed by atoms with Crippen LogP contribution in [0.2, 0.25) is 0 Å². The molecular weight excluding hydrogens is 300 g/mol. The van der Waals surface area contributed by atoms with Gasteiger partial charge in [0.1, 0.15) is 0 Å². The fraction of sp³-hybridized carbons (Fsp3) is 0.333. The largest absolute Gasteiger partial charge is 0.340 e. The van der Waals surface area contributed by atoms with Gasteiger partial charge in [0.15, 0.2) is 5.82 Å². The van der Waals surface area contributed by atoms with Gasteiger partial charge in [-0.2, -0.15) is 4.98 Å². The predicted octanol–water partition coefficient (Wildman–Crippen LogP) is 2.84. The van der Waals surface area contributed by atoms with Crippen molar-refractivity contribution in [2.24, 2.45) is 7.05 Å². The lowest BCUT2D eigenvalue weighted by Gasteiger charge is -2.10. The summed E-state index contributed by atoms with van der Waals surface area (Å²) in [6, 6.07) is 7.91. The second-order valence-corrected chi connectivity index (χ2v) is 6.10. The van der Waals surface area contributed by atoms with Gasteiger partial charge in [0, 0.05) is 20.1 Å². The first-order valence-corrected chi connectivity index (χ1v) is 8.28. The van der Waals surface area contributed by atoms with E-state index in [4.69, 9.17) is 0 Å². The van der Waals surface area contributed by atoms with E-state index in [1.54, 1.807) is 0 Å². The van der Waals surface area contributed by atoms with Crippen molar-refractivity contribution in [1.82, 2.24) is 24.7 Å². The molecule has 1 aliphatic rings. The standard InChI is InChI=1S/C18H20N6/c1-13-14(20-16-8-4-3-7-15(16)19-13)9-10-17-21-18(22-23(17)2)24-11-5-6-12-24/h3-4,7-10H,5-6,11-12H2,1-2H3. The fourth-order valence-electron chi connectivity index (χ4n) is 2.99. The molecule has 0 bridgehead atoms. The molecule has 0 atom stereocenters. The molecule has 1 aromatic carbocycles. The molecule has 0 spiro atoms. The minimum Gasteiger partial charge on any atom is -0.340 e. The average Bonchev–Trinajstić information content (AvgIpc) is 3.22. The molecule has 0 saturated carbocycles. The Morgan fingerprint density at radius 3 is 2.42 bits per heavy atom. The second kappa shape index (κ2) is 6.03. The van der Waals surface area contributed by atoms with E-state index in [-0.39, 0.29) is 0 Å². The molecule has 1 saturated heterocycles. The van der Waals surface area contributed by atoms with E-state index < -0.39 is 0 Å². The highest BCUT2D eigenvalue weighted by molar-refractivity contribution is 5.77. The van der Waals surface area contributed by atoms with Gasteiger partial charge in [-0.3, -0.25) is 0 Å². The molecule has 6 nitrogen and oxygen atoms in total. The molecule has 3 aromatic rings. The Bertz CT molecular complexity index is 905. The monoisotopic (exact) mass is 320 g/mol. The van der Waals surface area contributed by atoms with Crippen LogP contribution in [0.15, 0.2) is 24.3 Å². The highest BCUT2D eigenvalue weighted by atomic mass is 15.4. The molecule has 2 aromatic heterocycles. The Labute approximate surface area is 140 Å². The Morgan fingerprint density at radius 2 is 1.67 bits per heavy atom. The molecule has 0 aliphatic carbocycles. The number of hydrogen-bond acceptors (Lipinski definition) is 5. The molecule has 4 rings (SSSR count). The van der Waals surface area contributed by atoms with Crippen molar-refractivity contribution in [3.05, 3.63) is 41.5 Å². The van der Waals surface area contributed by atoms with E-state index in [1.165, 1.54) is 12.8 Å². The summed E-state index contributed by atoms with van der Waals surface area (Å²) < 4.78 is 1.81. The third-order valence-electron chi connectivity index (χ3n) is 4.35. The highest BCUT2D eigenvalue weighted by Gasteiger charge is 2.17. The summed E-state index contributed by atoms with van der Waals surface area (Å²) in [6.07, 6.45) is 6.36. The van der Waals surface area contributed by atoms with Crippen LogP contribution in [0, 0.1) is 6.92 Å². The SMILES string of the molecule is Cc1nc2ccccc2nc1C=Cc1nc(N2CCCC2)nn1C. The zero-order valence-corrected chi connectivity index (χ0v) is 14.0. The lowest BCUT2D eigenvalue weighted by molar-refractivity contribution is 0.747. The quantitative estimate of drug-likeness (QED) is 0.742. The number of para-hydroxylation sites is 2. The lowest BCUT2D eigenvalue weighted by Crippen LogP contribution is -2.19. The summed E-state index contributed by atoms with van der Waals surface area (Å²) in [5.41, 5.74) is 3.59. The van der Waals surface area contributed by atoms with Crippen molar-refractivity contribution in [2.75, 3.05) is 18.0 Å². The molecule has 0 N–H and O–H groups in total. The fourth-order valence-corrected chi connectivity index (χ4v) is 2.99. The van der Waals surface area contributed by atoms with E-state index in [2.05, 4.69) is 25.0 Å². The van der Waals surface area contributed by atoms with Crippen LogP contribution in [0.4, 0.5) is 5.95 Å². The molecule has 122 valence electrons. The molecule has 1 aliphatic heterocycles. The molecular formula is C18H20N6. The second-order valence-electron chi connectivity index (χ2n) is 6.10. The van der Waals surface area contributed by atoms with Crippen LogP contribution in [-0.2, 0) is 7.05 Å². The first-order chi connectivity index (χ1) is 11.7. The summed E-state index contributed by atoms with van der Waals surface area (Å²) >= 11 is 0. The van der Waals surface area contributed by atoms with Crippen molar-refractivity contribution >= 4 is 29.1 Å². The first-order valence-electron chi connectivity index (χ1n) is 8.28. The van der Waals surface area contributed by atoms with E-state index >= 15 is 0 Å². The number of hydrogen-bond donors (Lipinski definition) is 0. The normalized spacial score (nSPS) is 15.0. The van der Waals surface area contributed by atoms with Gasteiger partial charge in [-0.25, -0.2) is 14.6 Å². The lowest BCUT2D eigenvalue weighted by atomic mass is 10.2. The van der Waals surface area contributed by atoms with Crippen molar-refractivity contribution in [1.29, 1.82) is 0 Å². The zero-order chi connectivity index (χ0) is 16.5. The first kappa shape index (κ1) is 14.8. The van der Waals surface area contributed by atoms with Gasteiger partial charge in [-0.05, 0) is 44.1 Å². The predicted molar refractivity (Wildman–Crippen MR) is 95.7 cm³/mol. The minimum atomic E-state index is 0.816. The summed E-state index contributed by atoms with van der Waals surface area (Å²) in [5, 5.41) is 4.52. The van der Waals surface area contributed by atoms with Gasteiger partial charge in [-0.15, -0.1) is 5.10 Å². The molecule has 1 fully saturated rings. The van der Waals surface area contributed by atoms with Gasteiger partial charge < -0.3 is 4.90 Å². The molecule has 3 heterocycles. The maximum Gasteiger partial charge on any atom is 0.245 e. The van der Waals surface area contributed by atoms with Crippen LogP contribution in [0.5, 0.6) is 0 Å². The smallest absolute Gasteiger partial charge is 0.245 e. The van der Waals surface area contributed by atoms with Gasteiger partial charge in [0.2, 0.25) is 5.95 Å². The molecule has 0 amide bonds. The van der Waals surface area contributed by atoms with Crippen molar-refractivity contribution in [3.8, 4) is 0 Å². The third-order valence-corrected chi connectivity index (χ3v) is 4.35. The van der Waals surface area contributed by atoms with Crippen LogP contribution >= 0.6 is 0 Å². The van der Waals surface area contributed by atoms with E-state index in [0.717, 1.165) is 47.3 Å². The van der Waals surface area contributed by atoms with Gasteiger partial charge in [0.25, 0.3) is 0 Å². The average molecular weight is 320 g/mol. The molecule has 0 radical (unpaired) electrons. The van der Waals surface area contributed by atoms with Crippen LogP contribution in [-0.4, -0.2) is 37.8 Å². The Hall–Kier alpha value is -2.76. The summed E-state index contributed by atoms with van der Waals surface area (Å²) in [6.45, 7) is 4.07. The zero-order valence-electron chi connectivity index (χ0n) is 14.0. The number of aromatic nitrogens is 5. The van der Waals surface area contributed by atoms with E-state index in [9.17, 15) is 0 Å². The Kier molecular flexibility index (Phi) is 3.72. The van der Waals surface area contributed by atoms with E-state index in [0.29, 0.717) is 0 Å². The summed E-state index contributed by atoms with van der Waals surface area (Å²) in [5.74, 6) is 1.64. The topological polar surface area (TPSA) is 59.7 Å². The number of anilines is 1. The number of fused-ring (bicyclic) bond motifs is 1. The van der Waals surface area contributed by atoms with Crippen molar-refractivity contribution in [3.63, 3.8) is 0 Å². The van der Waals surface area contributed by atoms with Crippen molar-refractivity contribution < 1.29 is 0 Å². The van der Waals surface area contributed by atoms with Crippen LogP contribution in [0.25, 0.3) is 23.2 Å². The number of benzene rings is 1. The highest BCUT2D eigenvalue weighted by Crippen LogP contribution is 2.18. The van der Waals surface area contributed by atoms with Gasteiger partial charge >= 0.3 is 0 Å².